The standard InChI is InChI=1S/C10H14NP/c1-9-5-4-6-10(11-9)12-7-2-3-8-12/h4-6H,2-3,7-8H2,1H3. The van der Waals surface area contributed by atoms with Gasteiger partial charge < -0.3 is 0 Å². The topological polar surface area (TPSA) is 12.9 Å². The fourth-order valence-corrected chi connectivity index (χ4v) is 4.14. The van der Waals surface area contributed by atoms with Crippen LogP contribution < -0.4 is 5.44 Å². The van der Waals surface area contributed by atoms with Gasteiger partial charge in [-0.2, -0.15) is 0 Å². The summed E-state index contributed by atoms with van der Waals surface area (Å²) >= 11 is 0. The zero-order chi connectivity index (χ0) is 8.39. The molecular formula is C10H14NP. The van der Waals surface area contributed by atoms with Crippen molar-refractivity contribution in [1.82, 2.24) is 4.98 Å². The lowest BCUT2D eigenvalue weighted by Crippen LogP contribution is -2.07. The van der Waals surface area contributed by atoms with E-state index >= 15 is 0 Å². The Bertz CT molecular complexity index is 266. The van der Waals surface area contributed by atoms with E-state index in [2.05, 4.69) is 30.1 Å². The maximum Gasteiger partial charge on any atom is 0.0634 e. The minimum atomic E-state index is 0.132. The van der Waals surface area contributed by atoms with Crippen molar-refractivity contribution in [3.8, 4) is 0 Å². The minimum absolute atomic E-state index is 0.132. The van der Waals surface area contributed by atoms with Gasteiger partial charge in [0.1, 0.15) is 0 Å². The number of rotatable bonds is 1. The summed E-state index contributed by atoms with van der Waals surface area (Å²) in [7, 11) is 0.132. The predicted octanol–water partition coefficient (Wildman–Crippen LogP) is 2.29. The first-order valence-electron chi connectivity index (χ1n) is 4.55. The zero-order valence-electron chi connectivity index (χ0n) is 7.45. The van der Waals surface area contributed by atoms with Gasteiger partial charge in [0.05, 0.1) is 5.44 Å². The van der Waals surface area contributed by atoms with Crippen LogP contribution in [0.5, 0.6) is 0 Å². The summed E-state index contributed by atoms with van der Waals surface area (Å²) < 4.78 is 0. The van der Waals surface area contributed by atoms with E-state index in [0.29, 0.717) is 0 Å². The van der Waals surface area contributed by atoms with Crippen LogP contribution >= 0.6 is 7.92 Å². The molecule has 0 N–H and O–H groups in total. The molecule has 12 heavy (non-hydrogen) atoms. The van der Waals surface area contributed by atoms with E-state index in [1.807, 2.05) is 0 Å². The Morgan fingerprint density at radius 1 is 1.25 bits per heavy atom. The van der Waals surface area contributed by atoms with Crippen molar-refractivity contribution in [1.29, 1.82) is 0 Å². The molecule has 1 saturated heterocycles. The molecule has 2 heterocycles. The normalized spacial score (nSPS) is 18.4. The van der Waals surface area contributed by atoms with Gasteiger partial charge in [-0.1, -0.05) is 14.0 Å². The first kappa shape index (κ1) is 8.19. The number of nitrogens with zero attached hydrogens (tertiary/aromatic N) is 1. The maximum absolute atomic E-state index is 4.58. The van der Waals surface area contributed by atoms with Crippen molar-refractivity contribution in [3.05, 3.63) is 23.9 Å². The van der Waals surface area contributed by atoms with Crippen LogP contribution in [0, 0.1) is 6.92 Å². The monoisotopic (exact) mass is 179 g/mol. The Hall–Kier alpha value is -0.420. The van der Waals surface area contributed by atoms with E-state index in [4.69, 9.17) is 0 Å². The quantitative estimate of drug-likeness (QED) is 0.603. The number of aryl methyl sites for hydroxylation is 1. The lowest BCUT2D eigenvalue weighted by atomic mass is 10.4. The van der Waals surface area contributed by atoms with Crippen LogP contribution in [0.1, 0.15) is 18.5 Å². The minimum Gasteiger partial charge on any atom is -0.253 e. The van der Waals surface area contributed by atoms with Crippen LogP contribution in [0.15, 0.2) is 18.2 Å². The Balaban J connectivity index is 2.21. The summed E-state index contributed by atoms with van der Waals surface area (Å²) in [6, 6.07) is 6.41. The third-order valence-corrected chi connectivity index (χ3v) is 4.91. The molecule has 0 aromatic carbocycles. The first-order chi connectivity index (χ1) is 5.86. The van der Waals surface area contributed by atoms with Crippen molar-refractivity contribution in [2.24, 2.45) is 0 Å². The molecule has 0 atom stereocenters. The Morgan fingerprint density at radius 3 is 2.67 bits per heavy atom. The molecule has 64 valence electrons. The molecule has 0 amide bonds. The van der Waals surface area contributed by atoms with Crippen molar-refractivity contribution in [2.75, 3.05) is 12.3 Å². The first-order valence-corrected chi connectivity index (χ1v) is 6.26. The molecule has 1 fully saturated rings. The molecule has 0 saturated carbocycles. The summed E-state index contributed by atoms with van der Waals surface area (Å²) in [6.07, 6.45) is 5.65. The average Bonchev–Trinajstić information content (AvgIpc) is 2.56. The van der Waals surface area contributed by atoms with Crippen molar-refractivity contribution >= 4 is 13.4 Å². The van der Waals surface area contributed by atoms with E-state index in [1.54, 1.807) is 0 Å². The third kappa shape index (κ3) is 1.67. The van der Waals surface area contributed by atoms with E-state index in [1.165, 1.54) is 36.3 Å². The molecule has 1 aliphatic heterocycles. The van der Waals surface area contributed by atoms with Gasteiger partial charge in [-0.05, 0) is 44.2 Å². The highest BCUT2D eigenvalue weighted by molar-refractivity contribution is 7.65. The summed E-state index contributed by atoms with van der Waals surface area (Å²) in [5, 5.41) is 0. The van der Waals surface area contributed by atoms with Gasteiger partial charge in [-0.25, -0.2) is 0 Å². The maximum atomic E-state index is 4.58. The second-order valence-corrected chi connectivity index (χ2v) is 5.76. The number of aromatic nitrogens is 1. The fourth-order valence-electron chi connectivity index (χ4n) is 1.65. The summed E-state index contributed by atoms with van der Waals surface area (Å²) in [5.74, 6) is 0. The average molecular weight is 179 g/mol. The fraction of sp³-hybridized carbons (Fsp3) is 0.500. The van der Waals surface area contributed by atoms with Crippen molar-refractivity contribution < 1.29 is 0 Å². The van der Waals surface area contributed by atoms with Crippen LogP contribution in [-0.4, -0.2) is 17.3 Å². The van der Waals surface area contributed by atoms with E-state index in [-0.39, 0.29) is 7.92 Å². The molecule has 1 nitrogen and oxygen atoms in total. The van der Waals surface area contributed by atoms with Crippen LogP contribution in [-0.2, 0) is 0 Å². The van der Waals surface area contributed by atoms with E-state index in [9.17, 15) is 0 Å². The van der Waals surface area contributed by atoms with Crippen LogP contribution in [0.25, 0.3) is 0 Å². The second-order valence-electron chi connectivity index (χ2n) is 3.33. The van der Waals surface area contributed by atoms with Gasteiger partial charge in [0.2, 0.25) is 0 Å². The van der Waals surface area contributed by atoms with E-state index < -0.39 is 0 Å². The number of hydrogen-bond donors (Lipinski definition) is 0. The Labute approximate surface area is 75.0 Å². The molecular weight excluding hydrogens is 165 g/mol. The SMILES string of the molecule is Cc1cccc(P2CCCC2)n1. The zero-order valence-corrected chi connectivity index (χ0v) is 8.35. The lowest BCUT2D eigenvalue weighted by molar-refractivity contribution is 0.949. The molecule has 2 heteroatoms. The van der Waals surface area contributed by atoms with Crippen molar-refractivity contribution in [2.45, 2.75) is 19.8 Å². The largest absolute Gasteiger partial charge is 0.253 e. The summed E-state index contributed by atoms with van der Waals surface area (Å²) in [6.45, 7) is 2.08. The molecule has 0 aliphatic carbocycles. The smallest absolute Gasteiger partial charge is 0.0634 e. The number of hydrogen-bond acceptors (Lipinski definition) is 1. The van der Waals surface area contributed by atoms with Gasteiger partial charge in [0, 0.05) is 5.69 Å². The molecule has 0 spiro atoms. The van der Waals surface area contributed by atoms with Gasteiger partial charge in [-0.15, -0.1) is 0 Å². The molecule has 1 aromatic rings. The predicted molar refractivity (Wildman–Crippen MR) is 54.5 cm³/mol. The summed E-state index contributed by atoms with van der Waals surface area (Å²) in [4.78, 5) is 4.58. The Morgan fingerprint density at radius 2 is 2.00 bits per heavy atom. The van der Waals surface area contributed by atoms with E-state index in [0.717, 1.165) is 0 Å². The Kier molecular flexibility index (Phi) is 2.41. The molecule has 0 radical (unpaired) electrons. The molecule has 2 rings (SSSR count). The van der Waals surface area contributed by atoms with Crippen LogP contribution in [0.4, 0.5) is 0 Å². The van der Waals surface area contributed by atoms with Gasteiger partial charge in [0.15, 0.2) is 0 Å². The van der Waals surface area contributed by atoms with Gasteiger partial charge in [-0.3, -0.25) is 4.98 Å². The van der Waals surface area contributed by atoms with Crippen LogP contribution in [0.3, 0.4) is 0 Å². The third-order valence-electron chi connectivity index (χ3n) is 2.30. The van der Waals surface area contributed by atoms with Gasteiger partial charge in [0.25, 0.3) is 0 Å². The number of pyridine rings is 1. The second kappa shape index (κ2) is 3.53. The van der Waals surface area contributed by atoms with Gasteiger partial charge >= 0.3 is 0 Å². The van der Waals surface area contributed by atoms with Crippen LogP contribution in [0.2, 0.25) is 0 Å². The molecule has 1 aromatic heterocycles. The molecule has 0 bridgehead atoms. The molecule has 1 aliphatic rings. The highest BCUT2D eigenvalue weighted by atomic mass is 31.1. The van der Waals surface area contributed by atoms with Crippen molar-refractivity contribution in [3.63, 3.8) is 0 Å². The summed E-state index contributed by atoms with van der Waals surface area (Å²) in [5.41, 5.74) is 2.55. The highest BCUT2D eigenvalue weighted by Gasteiger charge is 2.16. The molecule has 0 unspecified atom stereocenters. The highest BCUT2D eigenvalue weighted by Crippen LogP contribution is 2.41. The lowest BCUT2D eigenvalue weighted by Gasteiger charge is -2.08.